The van der Waals surface area contributed by atoms with Gasteiger partial charge in [-0.05, 0) is 38.0 Å². The fourth-order valence-corrected chi connectivity index (χ4v) is 2.12. The van der Waals surface area contributed by atoms with Crippen molar-refractivity contribution in [3.05, 3.63) is 36.1 Å². The van der Waals surface area contributed by atoms with E-state index in [1.54, 1.807) is 0 Å². The Kier molecular flexibility index (Phi) is 5.43. The van der Waals surface area contributed by atoms with Crippen LogP contribution in [0.4, 0.5) is 0 Å². The lowest BCUT2D eigenvalue weighted by atomic mass is 10.2. The lowest BCUT2D eigenvalue weighted by molar-refractivity contribution is 0.529. The van der Waals surface area contributed by atoms with E-state index in [1.165, 1.54) is 10.9 Å². The number of hydrogen-bond donors (Lipinski definition) is 2. The summed E-state index contributed by atoms with van der Waals surface area (Å²) in [7, 11) is 0. The van der Waals surface area contributed by atoms with Crippen LogP contribution in [-0.2, 0) is 6.54 Å². The molecular weight excluding hydrogens is 236 g/mol. The van der Waals surface area contributed by atoms with Crippen LogP contribution in [0.25, 0.3) is 11.0 Å². The van der Waals surface area contributed by atoms with Gasteiger partial charge >= 0.3 is 0 Å². The molecule has 0 fully saturated rings. The van der Waals surface area contributed by atoms with Crippen molar-refractivity contribution in [3.63, 3.8) is 0 Å². The third kappa shape index (κ3) is 4.37. The molecule has 0 spiro atoms. The highest BCUT2D eigenvalue weighted by atomic mass is 16.3. The van der Waals surface area contributed by atoms with Crippen molar-refractivity contribution < 1.29 is 4.42 Å². The molecule has 1 aromatic carbocycles. The molecule has 0 unspecified atom stereocenters. The van der Waals surface area contributed by atoms with Crippen LogP contribution >= 0.6 is 0 Å². The van der Waals surface area contributed by atoms with Crippen molar-refractivity contribution in [2.45, 2.75) is 26.8 Å². The van der Waals surface area contributed by atoms with E-state index in [2.05, 4.69) is 36.6 Å². The highest BCUT2D eigenvalue weighted by Gasteiger charge is 2.03. The number of rotatable bonds is 8. The Hall–Kier alpha value is -1.32. The third-order valence-corrected chi connectivity index (χ3v) is 3.14. The van der Waals surface area contributed by atoms with Gasteiger partial charge in [0.25, 0.3) is 0 Å². The van der Waals surface area contributed by atoms with Gasteiger partial charge in [-0.1, -0.05) is 32.0 Å². The van der Waals surface area contributed by atoms with Gasteiger partial charge in [0.15, 0.2) is 0 Å². The zero-order chi connectivity index (χ0) is 13.5. The summed E-state index contributed by atoms with van der Waals surface area (Å²) >= 11 is 0. The normalized spacial score (nSPS) is 11.5. The lowest BCUT2D eigenvalue weighted by Gasteiger charge is -2.07. The Labute approximate surface area is 115 Å². The van der Waals surface area contributed by atoms with Gasteiger partial charge in [-0.2, -0.15) is 0 Å². The lowest BCUT2D eigenvalue weighted by Crippen LogP contribution is -2.24. The Bertz CT molecular complexity index is 490. The molecule has 0 bridgehead atoms. The molecule has 0 saturated heterocycles. The molecule has 1 aromatic heterocycles. The number of benzene rings is 1. The Balaban J connectivity index is 1.66. The minimum atomic E-state index is 0.727. The molecule has 3 heteroatoms. The summed E-state index contributed by atoms with van der Waals surface area (Å²) in [5.74, 6) is 0.727. The van der Waals surface area contributed by atoms with Gasteiger partial charge in [-0.3, -0.25) is 0 Å². The number of fused-ring (bicyclic) bond motifs is 1. The summed E-state index contributed by atoms with van der Waals surface area (Å²) < 4.78 is 5.52. The Morgan fingerprint density at radius 3 is 2.74 bits per heavy atom. The minimum absolute atomic E-state index is 0.727. The third-order valence-electron chi connectivity index (χ3n) is 3.14. The van der Waals surface area contributed by atoms with Crippen LogP contribution in [0.3, 0.4) is 0 Å². The first-order chi connectivity index (χ1) is 9.27. The molecule has 0 atom stereocenters. The van der Waals surface area contributed by atoms with Crippen molar-refractivity contribution in [2.75, 3.05) is 19.6 Å². The molecule has 2 rings (SSSR count). The minimum Gasteiger partial charge on any atom is -0.464 e. The molecule has 0 amide bonds. The highest BCUT2D eigenvalue weighted by molar-refractivity contribution is 5.80. The van der Waals surface area contributed by atoms with Gasteiger partial charge in [-0.15, -0.1) is 0 Å². The molecule has 0 aliphatic rings. The predicted octanol–water partition coefficient (Wildman–Crippen LogP) is 3.16. The Morgan fingerprint density at radius 2 is 1.89 bits per heavy atom. The average Bonchev–Trinajstić information content (AvgIpc) is 2.81. The fraction of sp³-hybridized carbons (Fsp3) is 0.500. The first kappa shape index (κ1) is 14.1. The van der Waals surface area contributed by atoms with Crippen LogP contribution in [0.15, 0.2) is 34.9 Å². The van der Waals surface area contributed by atoms with Crippen molar-refractivity contribution in [3.8, 4) is 0 Å². The van der Waals surface area contributed by atoms with Gasteiger partial charge in [0.2, 0.25) is 0 Å². The molecular formula is C16H24N2O. The van der Waals surface area contributed by atoms with Gasteiger partial charge in [0.1, 0.15) is 5.58 Å². The summed E-state index contributed by atoms with van der Waals surface area (Å²) in [6.45, 7) is 8.56. The molecule has 19 heavy (non-hydrogen) atoms. The van der Waals surface area contributed by atoms with Crippen LogP contribution < -0.4 is 10.6 Å². The van der Waals surface area contributed by atoms with E-state index in [4.69, 9.17) is 4.42 Å². The van der Waals surface area contributed by atoms with E-state index in [1.807, 2.05) is 18.4 Å². The van der Waals surface area contributed by atoms with Crippen molar-refractivity contribution in [1.82, 2.24) is 10.6 Å². The molecule has 3 nitrogen and oxygen atoms in total. The number of nitrogens with one attached hydrogen (secondary N) is 2. The maximum absolute atomic E-state index is 5.52. The van der Waals surface area contributed by atoms with Crippen molar-refractivity contribution >= 4 is 11.0 Å². The summed E-state index contributed by atoms with van der Waals surface area (Å²) in [6.07, 6.45) is 3.01. The number of para-hydroxylation sites is 1. The molecule has 0 radical (unpaired) electrons. The largest absolute Gasteiger partial charge is 0.464 e. The quantitative estimate of drug-likeness (QED) is 0.716. The first-order valence-electron chi connectivity index (χ1n) is 7.14. The summed E-state index contributed by atoms with van der Waals surface area (Å²) in [4.78, 5) is 0. The maximum atomic E-state index is 5.52. The zero-order valence-electron chi connectivity index (χ0n) is 11.9. The van der Waals surface area contributed by atoms with E-state index >= 15 is 0 Å². The van der Waals surface area contributed by atoms with Gasteiger partial charge in [-0.25, -0.2) is 0 Å². The summed E-state index contributed by atoms with van der Waals surface area (Å²) in [6, 6.07) is 8.18. The smallest absolute Gasteiger partial charge is 0.134 e. The van der Waals surface area contributed by atoms with Crippen LogP contribution in [0.2, 0.25) is 0 Å². The van der Waals surface area contributed by atoms with Gasteiger partial charge in [0.05, 0.1) is 6.26 Å². The van der Waals surface area contributed by atoms with Gasteiger partial charge < -0.3 is 15.1 Å². The fourth-order valence-electron chi connectivity index (χ4n) is 2.12. The first-order valence-corrected chi connectivity index (χ1v) is 7.14. The molecule has 104 valence electrons. The average molecular weight is 260 g/mol. The zero-order valence-corrected chi connectivity index (χ0v) is 11.9. The van der Waals surface area contributed by atoms with Gasteiger partial charge in [0, 0.05) is 17.5 Å². The second-order valence-corrected chi connectivity index (χ2v) is 5.39. The second kappa shape index (κ2) is 7.31. The highest BCUT2D eigenvalue weighted by Crippen LogP contribution is 2.20. The number of furan rings is 1. The molecule has 0 aliphatic carbocycles. The summed E-state index contributed by atoms with van der Waals surface area (Å²) in [5.41, 5.74) is 2.21. The SMILES string of the molecule is CC(C)CNCCCNCc1coc2ccccc12. The van der Waals surface area contributed by atoms with Crippen LogP contribution in [0.1, 0.15) is 25.8 Å². The standard InChI is InChI=1S/C16H24N2O/c1-13(2)10-17-8-5-9-18-11-14-12-19-16-7-4-3-6-15(14)16/h3-4,6-7,12-13,17-18H,5,8-11H2,1-2H3. The van der Waals surface area contributed by atoms with Crippen molar-refractivity contribution in [2.24, 2.45) is 5.92 Å². The van der Waals surface area contributed by atoms with Crippen LogP contribution in [0, 0.1) is 5.92 Å². The second-order valence-electron chi connectivity index (χ2n) is 5.39. The predicted molar refractivity (Wildman–Crippen MR) is 80.2 cm³/mol. The van der Waals surface area contributed by atoms with Crippen LogP contribution in [-0.4, -0.2) is 19.6 Å². The van der Waals surface area contributed by atoms with E-state index in [0.29, 0.717) is 0 Å². The van der Waals surface area contributed by atoms with E-state index in [9.17, 15) is 0 Å². The number of hydrogen-bond acceptors (Lipinski definition) is 3. The van der Waals surface area contributed by atoms with E-state index in [-0.39, 0.29) is 0 Å². The topological polar surface area (TPSA) is 37.2 Å². The van der Waals surface area contributed by atoms with Crippen molar-refractivity contribution in [1.29, 1.82) is 0 Å². The molecule has 1 heterocycles. The maximum Gasteiger partial charge on any atom is 0.134 e. The molecule has 0 saturated carbocycles. The van der Waals surface area contributed by atoms with E-state index in [0.717, 1.165) is 44.1 Å². The Morgan fingerprint density at radius 1 is 1.11 bits per heavy atom. The molecule has 2 aromatic rings. The molecule has 2 N–H and O–H groups in total. The monoisotopic (exact) mass is 260 g/mol. The van der Waals surface area contributed by atoms with E-state index < -0.39 is 0 Å². The van der Waals surface area contributed by atoms with Crippen LogP contribution in [0.5, 0.6) is 0 Å². The molecule has 0 aliphatic heterocycles. The summed E-state index contributed by atoms with van der Waals surface area (Å²) in [5, 5.41) is 8.13.